The van der Waals surface area contributed by atoms with Crippen molar-refractivity contribution in [3.8, 4) is 11.5 Å². The summed E-state index contributed by atoms with van der Waals surface area (Å²) in [5, 5.41) is 13.0. The molecule has 3 unspecified atom stereocenters. The van der Waals surface area contributed by atoms with Gasteiger partial charge in [0.1, 0.15) is 11.9 Å². The van der Waals surface area contributed by atoms with Crippen LogP contribution < -0.4 is 15.8 Å². The minimum absolute atomic E-state index is 0.0469. The third-order valence-corrected chi connectivity index (χ3v) is 8.44. The number of carbonyl (C=O) groups excluding carboxylic acids is 2. The number of esters is 1. The molecule has 0 saturated heterocycles. The third kappa shape index (κ3) is 11.4. The zero-order valence-corrected chi connectivity index (χ0v) is 26.8. The molecule has 0 spiro atoms. The van der Waals surface area contributed by atoms with E-state index in [4.69, 9.17) is 19.9 Å². The normalized spacial score (nSPS) is 15.0. The Bertz CT molecular complexity index is 1270. The number of allylic oxidation sites excluding steroid dienone is 2. The number of H-pyrrole nitrogens is 1. The minimum Gasteiger partial charge on any atom is -0.504 e. The summed E-state index contributed by atoms with van der Waals surface area (Å²) in [6.45, 7) is 5.06. The van der Waals surface area contributed by atoms with Gasteiger partial charge in [0.25, 0.3) is 0 Å². The molecule has 1 aromatic carbocycles. The second kappa shape index (κ2) is 18.2. The lowest BCUT2D eigenvalue weighted by Gasteiger charge is -2.23. The van der Waals surface area contributed by atoms with Crippen molar-refractivity contribution in [3.63, 3.8) is 0 Å². The summed E-state index contributed by atoms with van der Waals surface area (Å²) in [5.74, 6) is 1.58. The minimum atomic E-state index is -0.441. The van der Waals surface area contributed by atoms with Gasteiger partial charge in [-0.05, 0) is 97.3 Å². The quantitative estimate of drug-likeness (QED) is 0.114. The number of carbonyl (C=O) groups is 2. The van der Waals surface area contributed by atoms with Crippen molar-refractivity contribution in [1.82, 2.24) is 10.3 Å². The molecule has 3 atom stereocenters. The van der Waals surface area contributed by atoms with Crippen LogP contribution in [0.4, 0.5) is 0 Å². The topological polar surface area (TPSA) is 136 Å². The summed E-state index contributed by atoms with van der Waals surface area (Å²) in [6, 6.07) is 5.10. The van der Waals surface area contributed by atoms with E-state index in [0.717, 1.165) is 57.2 Å². The number of aromatic hydroxyl groups is 1. The van der Waals surface area contributed by atoms with Crippen molar-refractivity contribution in [2.45, 2.75) is 84.2 Å². The molecule has 0 fully saturated rings. The number of aromatic nitrogens is 1. The Balaban J connectivity index is 1.59. The van der Waals surface area contributed by atoms with E-state index >= 15 is 0 Å². The Hall–Kier alpha value is -3.72. The molecular weight excluding hydrogens is 558 g/mol. The van der Waals surface area contributed by atoms with Crippen LogP contribution >= 0.6 is 0 Å². The highest BCUT2D eigenvalue weighted by Gasteiger charge is 2.22. The van der Waals surface area contributed by atoms with E-state index < -0.39 is 6.10 Å². The van der Waals surface area contributed by atoms with E-state index in [-0.39, 0.29) is 23.9 Å². The first-order valence-corrected chi connectivity index (χ1v) is 15.8. The van der Waals surface area contributed by atoms with Gasteiger partial charge in [0.05, 0.1) is 12.9 Å². The van der Waals surface area contributed by atoms with Gasteiger partial charge in [0.15, 0.2) is 11.5 Å². The van der Waals surface area contributed by atoms with Crippen LogP contribution in [-0.4, -0.2) is 55.3 Å². The van der Waals surface area contributed by atoms with Gasteiger partial charge in [-0.3, -0.25) is 9.59 Å². The van der Waals surface area contributed by atoms with E-state index in [9.17, 15) is 14.7 Å². The summed E-state index contributed by atoms with van der Waals surface area (Å²) >= 11 is 0. The number of aryl methyl sites for hydroxylation is 1. The average Bonchev–Trinajstić information content (AvgIpc) is 3.44. The van der Waals surface area contributed by atoms with Crippen LogP contribution in [0.3, 0.4) is 0 Å². The number of rotatable bonds is 20. The first-order chi connectivity index (χ1) is 21.2. The summed E-state index contributed by atoms with van der Waals surface area (Å²) in [5.41, 5.74) is 10.9. The number of hydrogen-bond acceptors (Lipinski definition) is 8. The highest BCUT2D eigenvalue weighted by atomic mass is 16.5. The van der Waals surface area contributed by atoms with Crippen molar-refractivity contribution in [2.24, 2.45) is 17.6 Å². The monoisotopic (exact) mass is 609 g/mol. The molecule has 1 aliphatic heterocycles. The second-order valence-corrected chi connectivity index (χ2v) is 11.8. The van der Waals surface area contributed by atoms with Crippen LogP contribution in [-0.2, 0) is 38.3 Å². The molecule has 242 valence electrons. The van der Waals surface area contributed by atoms with Crippen LogP contribution in [0.1, 0.15) is 75.5 Å². The zero-order valence-electron chi connectivity index (χ0n) is 26.8. The number of phenolic OH excluding ortho intramolecular Hbond substituents is 1. The Kier molecular flexibility index (Phi) is 14.4. The number of phenols is 1. The number of nitrogens with two attached hydrogens (primary N) is 1. The lowest BCUT2D eigenvalue weighted by molar-refractivity contribution is -0.148. The molecule has 0 amide bonds. The zero-order chi connectivity index (χ0) is 31.9. The molecule has 0 aliphatic carbocycles. The maximum absolute atomic E-state index is 12.9. The largest absolute Gasteiger partial charge is 0.504 e. The van der Waals surface area contributed by atoms with Gasteiger partial charge >= 0.3 is 5.97 Å². The summed E-state index contributed by atoms with van der Waals surface area (Å²) in [6.07, 6.45) is 15.4. The van der Waals surface area contributed by atoms with Gasteiger partial charge in [-0.25, -0.2) is 0 Å². The van der Waals surface area contributed by atoms with Crippen molar-refractivity contribution in [1.29, 1.82) is 0 Å². The fourth-order valence-corrected chi connectivity index (χ4v) is 5.93. The summed E-state index contributed by atoms with van der Waals surface area (Å²) in [4.78, 5) is 28.1. The van der Waals surface area contributed by atoms with Crippen molar-refractivity contribution in [2.75, 3.05) is 27.4 Å². The number of dihydropyridines is 1. The van der Waals surface area contributed by atoms with Gasteiger partial charge < -0.3 is 35.4 Å². The van der Waals surface area contributed by atoms with Gasteiger partial charge in [-0.1, -0.05) is 25.5 Å². The smallest absolute Gasteiger partial charge is 0.302 e. The van der Waals surface area contributed by atoms with E-state index in [2.05, 4.69) is 41.8 Å². The predicted molar refractivity (Wildman–Crippen MR) is 172 cm³/mol. The number of benzene rings is 1. The molecular formula is C35H51N3O6. The van der Waals surface area contributed by atoms with Gasteiger partial charge in [-0.2, -0.15) is 0 Å². The van der Waals surface area contributed by atoms with Crippen LogP contribution in [0.2, 0.25) is 0 Å². The molecule has 2 aromatic rings. The van der Waals surface area contributed by atoms with Crippen LogP contribution in [0.25, 0.3) is 0 Å². The highest BCUT2D eigenvalue weighted by Crippen LogP contribution is 2.30. The van der Waals surface area contributed by atoms with Gasteiger partial charge in [0, 0.05) is 52.4 Å². The molecule has 44 heavy (non-hydrogen) atoms. The number of Topliss-reactive ketones (excluding diaryl/α,β-unsaturated/α-hetero) is 1. The molecule has 9 heteroatoms. The first kappa shape index (κ1) is 34.8. The number of ether oxygens (including phenoxy) is 3. The van der Waals surface area contributed by atoms with E-state index in [1.54, 1.807) is 25.3 Å². The first-order valence-electron chi connectivity index (χ1n) is 15.8. The molecule has 0 saturated carbocycles. The Morgan fingerprint density at radius 3 is 2.55 bits per heavy atom. The SMILES string of the molecule is CCC(CCC(CC(=O)CCc1ccc(O)c(OC)c1)OC(C)=O)Cc1c[nH]cc1CC(CCCOC)C1=CCNC(N)=C1. The molecule has 2 heterocycles. The molecule has 1 aromatic heterocycles. The van der Waals surface area contributed by atoms with Gasteiger partial charge in [0.2, 0.25) is 0 Å². The fraction of sp³-hybridized carbons (Fsp3) is 0.543. The lowest BCUT2D eigenvalue weighted by atomic mass is 9.84. The standard InChI is InChI=1S/C35H51N3O6/c1-5-25(9-12-32(44-24(2)39)21-31(40)11-8-26-10-13-33(41)34(18-26)43-4)17-29-22-37-23-30(29)19-27(7-6-16-42-3)28-14-15-38-35(36)20-28/h10,13-14,18,20,22-23,25,27,32,37-38,41H,5-9,11-12,15-17,19,21,36H2,1-4H3. The van der Waals surface area contributed by atoms with Crippen molar-refractivity contribution >= 4 is 11.8 Å². The lowest BCUT2D eigenvalue weighted by Crippen LogP contribution is -2.25. The Morgan fingerprint density at radius 1 is 1.09 bits per heavy atom. The van der Waals surface area contributed by atoms with Crippen LogP contribution in [0.5, 0.6) is 11.5 Å². The number of hydrogen-bond donors (Lipinski definition) is 4. The average molecular weight is 610 g/mol. The summed E-state index contributed by atoms with van der Waals surface area (Å²) < 4.78 is 16.1. The van der Waals surface area contributed by atoms with E-state index in [1.165, 1.54) is 30.7 Å². The Labute approximate surface area is 262 Å². The molecule has 0 radical (unpaired) electrons. The number of nitrogens with one attached hydrogen (secondary N) is 2. The van der Waals surface area contributed by atoms with Crippen LogP contribution in [0, 0.1) is 11.8 Å². The third-order valence-electron chi connectivity index (χ3n) is 8.44. The molecule has 0 bridgehead atoms. The number of aromatic amines is 1. The van der Waals surface area contributed by atoms with E-state index in [1.807, 2.05) is 0 Å². The van der Waals surface area contributed by atoms with Crippen molar-refractivity contribution in [3.05, 3.63) is 70.8 Å². The highest BCUT2D eigenvalue weighted by molar-refractivity contribution is 5.79. The molecule has 9 nitrogen and oxygen atoms in total. The summed E-state index contributed by atoms with van der Waals surface area (Å²) in [7, 11) is 3.24. The second-order valence-electron chi connectivity index (χ2n) is 11.8. The van der Waals surface area contributed by atoms with Gasteiger partial charge in [-0.15, -0.1) is 0 Å². The molecule has 5 N–H and O–H groups in total. The van der Waals surface area contributed by atoms with Crippen molar-refractivity contribution < 1.29 is 28.9 Å². The maximum Gasteiger partial charge on any atom is 0.302 e. The number of ketones is 1. The van der Waals surface area contributed by atoms with E-state index in [0.29, 0.717) is 42.7 Å². The Morgan fingerprint density at radius 2 is 1.86 bits per heavy atom. The predicted octanol–water partition coefficient (Wildman–Crippen LogP) is 5.52. The number of methoxy groups -OCH3 is 2. The maximum atomic E-state index is 12.9. The fourth-order valence-electron chi connectivity index (χ4n) is 5.93. The molecule has 1 aliphatic rings. The molecule has 3 rings (SSSR count). The van der Waals surface area contributed by atoms with Crippen LogP contribution in [0.15, 0.2) is 54.1 Å².